The first-order chi connectivity index (χ1) is 17.7. The highest BCUT2D eigenvalue weighted by Gasteiger charge is 2.53. The quantitative estimate of drug-likeness (QED) is 0.173. The second-order valence-electron chi connectivity index (χ2n) is 8.53. The maximum atomic E-state index is 13.1. The monoisotopic (exact) mass is 541 g/mol. The van der Waals surface area contributed by atoms with Crippen LogP contribution in [0.3, 0.4) is 0 Å². The van der Waals surface area contributed by atoms with Gasteiger partial charge in [-0.3, -0.25) is 14.5 Å². The topological polar surface area (TPSA) is 159 Å². The standard InChI is InChI=1S/C23H23N7O5S2/c1-11-5-4-6-14-8-28(12(2)29(11)14)7-13-9-36-21-17(20(32)30(21)18(13)22(33)34)26-19(31)16(27-35-3)15-10-37-23(24)25-15/h4-6,8,10,17,21H,7,9H2,1-3H3,(H3-,24,25,26,31,33,34)/b27-16-/t17-,21-/m1/s1. The van der Waals surface area contributed by atoms with Crippen molar-refractivity contribution < 1.29 is 28.7 Å². The van der Waals surface area contributed by atoms with Crippen molar-refractivity contribution in [3.63, 3.8) is 0 Å². The zero-order chi connectivity index (χ0) is 26.4. The summed E-state index contributed by atoms with van der Waals surface area (Å²) in [6.07, 6.45) is 1.95. The molecule has 0 bridgehead atoms. The Labute approximate surface area is 219 Å². The largest absolute Gasteiger partial charge is 0.543 e. The van der Waals surface area contributed by atoms with Crippen LogP contribution in [0, 0.1) is 13.8 Å². The summed E-state index contributed by atoms with van der Waals surface area (Å²) >= 11 is 2.50. The number of pyridine rings is 1. The summed E-state index contributed by atoms with van der Waals surface area (Å²) in [7, 11) is 1.28. The van der Waals surface area contributed by atoms with E-state index in [1.807, 2.05) is 42.8 Å². The van der Waals surface area contributed by atoms with Crippen molar-refractivity contribution in [2.75, 3.05) is 18.6 Å². The van der Waals surface area contributed by atoms with Crippen LogP contribution >= 0.6 is 23.1 Å². The van der Waals surface area contributed by atoms with Crippen LogP contribution in [-0.4, -0.2) is 62.2 Å². The minimum Gasteiger partial charge on any atom is -0.543 e. The van der Waals surface area contributed by atoms with Gasteiger partial charge in [0.25, 0.3) is 17.6 Å². The second kappa shape index (κ2) is 9.52. The number of thioether (sulfide) groups is 1. The minimum absolute atomic E-state index is 0.137. The van der Waals surface area contributed by atoms with E-state index in [1.54, 1.807) is 5.38 Å². The second-order valence-corrected chi connectivity index (χ2v) is 10.5. The molecule has 1 saturated heterocycles. The molecule has 2 aliphatic rings. The molecule has 14 heteroatoms. The average molecular weight is 542 g/mol. The van der Waals surface area contributed by atoms with Crippen molar-refractivity contribution in [1.29, 1.82) is 0 Å². The van der Waals surface area contributed by atoms with Crippen LogP contribution in [0.1, 0.15) is 17.2 Å². The predicted octanol–water partition coefficient (Wildman–Crippen LogP) is -0.663. The zero-order valence-electron chi connectivity index (χ0n) is 20.1. The Morgan fingerprint density at radius 1 is 1.38 bits per heavy atom. The van der Waals surface area contributed by atoms with E-state index in [1.165, 1.54) is 23.8 Å². The van der Waals surface area contributed by atoms with Crippen molar-refractivity contribution in [2.45, 2.75) is 31.8 Å². The summed E-state index contributed by atoms with van der Waals surface area (Å²) in [5, 5.41) is 19.7. The molecule has 3 N–H and O–H groups in total. The average Bonchev–Trinajstić information content (AvgIpc) is 3.43. The number of rotatable bonds is 7. The Bertz CT molecular complexity index is 1510. The number of nitrogens with one attached hydrogen (secondary N) is 1. The lowest BCUT2D eigenvalue weighted by Gasteiger charge is -2.50. The Hall–Kier alpha value is -3.91. The van der Waals surface area contributed by atoms with Gasteiger partial charge in [0.1, 0.15) is 42.7 Å². The Kier molecular flexibility index (Phi) is 6.37. The summed E-state index contributed by atoms with van der Waals surface area (Å²) in [6, 6.07) is 4.99. The molecule has 0 spiro atoms. The molecule has 3 aromatic rings. The number of nitrogen functional groups attached to an aromatic ring is 1. The Morgan fingerprint density at radius 3 is 2.81 bits per heavy atom. The van der Waals surface area contributed by atoms with E-state index >= 15 is 0 Å². The number of carboxylic acids is 1. The van der Waals surface area contributed by atoms with E-state index < -0.39 is 29.2 Å². The first-order valence-corrected chi connectivity index (χ1v) is 13.1. The number of amides is 2. The molecule has 192 valence electrons. The highest BCUT2D eigenvalue weighted by Crippen LogP contribution is 2.40. The normalized spacial score (nSPS) is 19.6. The molecule has 0 aliphatic carbocycles. The lowest BCUT2D eigenvalue weighted by molar-refractivity contribution is -0.528. The number of nitrogens with two attached hydrogens (primary N) is 1. The van der Waals surface area contributed by atoms with Gasteiger partial charge in [0.15, 0.2) is 16.4 Å². The van der Waals surface area contributed by atoms with Gasteiger partial charge in [0.05, 0.1) is 11.7 Å². The van der Waals surface area contributed by atoms with Crippen molar-refractivity contribution in [2.24, 2.45) is 5.16 Å². The summed E-state index contributed by atoms with van der Waals surface area (Å²) in [5.41, 5.74) is 8.16. The number of nitrogens with zero attached hydrogens (tertiary/aromatic N) is 5. The first-order valence-electron chi connectivity index (χ1n) is 11.2. The number of carboxylic acid groups (broad SMARTS) is 1. The molecule has 0 saturated carbocycles. The van der Waals surface area contributed by atoms with Gasteiger partial charge in [-0.15, -0.1) is 23.1 Å². The van der Waals surface area contributed by atoms with Gasteiger partial charge in [0.2, 0.25) is 0 Å². The minimum atomic E-state index is -1.43. The molecule has 1 fully saturated rings. The van der Waals surface area contributed by atoms with Crippen molar-refractivity contribution in [3.8, 4) is 0 Å². The number of thiazole rings is 1. The van der Waals surface area contributed by atoms with Crippen molar-refractivity contribution >= 4 is 57.2 Å². The van der Waals surface area contributed by atoms with Crippen molar-refractivity contribution in [1.82, 2.24) is 19.8 Å². The lowest BCUT2D eigenvalue weighted by atomic mass is 10.0. The number of carbonyl (C=O) groups is 3. The molecule has 2 atom stereocenters. The number of hydrogen-bond donors (Lipinski definition) is 2. The van der Waals surface area contributed by atoms with Gasteiger partial charge >= 0.3 is 0 Å². The summed E-state index contributed by atoms with van der Waals surface area (Å²) in [6.45, 7) is 4.23. The summed E-state index contributed by atoms with van der Waals surface area (Å²) in [4.78, 5) is 48.2. The van der Waals surface area contributed by atoms with Crippen molar-refractivity contribution in [3.05, 3.63) is 58.3 Å². The maximum absolute atomic E-state index is 13.1. The molecule has 0 radical (unpaired) electrons. The number of aromatic nitrogens is 3. The van der Waals surface area contributed by atoms with Gasteiger partial charge in [-0.25, -0.2) is 9.55 Å². The van der Waals surface area contributed by atoms with Crippen LogP contribution < -0.4 is 20.6 Å². The fraction of sp³-hybridized carbons (Fsp3) is 0.304. The summed E-state index contributed by atoms with van der Waals surface area (Å²) in [5.74, 6) is -1.38. The van der Waals surface area contributed by atoms with Crippen LogP contribution in [0.2, 0.25) is 0 Å². The van der Waals surface area contributed by atoms with E-state index in [2.05, 4.69) is 19.9 Å². The maximum Gasteiger partial charge on any atom is 0.276 e. The van der Waals surface area contributed by atoms with E-state index in [4.69, 9.17) is 10.6 Å². The van der Waals surface area contributed by atoms with Crippen LogP contribution in [-0.2, 0) is 25.8 Å². The number of aryl methyl sites for hydroxylation is 2. The number of aliphatic carboxylic acids is 1. The molecule has 0 aromatic carbocycles. The van der Waals surface area contributed by atoms with Gasteiger partial charge in [-0.2, -0.15) is 4.40 Å². The Morgan fingerprint density at radius 2 is 2.16 bits per heavy atom. The molecule has 2 amide bonds. The molecular formula is C23H23N7O5S2. The van der Waals surface area contributed by atoms with Gasteiger partial charge in [-0.05, 0) is 19.1 Å². The number of fused-ring (bicyclic) bond motifs is 2. The Balaban J connectivity index is 1.39. The fourth-order valence-electron chi connectivity index (χ4n) is 4.62. The zero-order valence-corrected chi connectivity index (χ0v) is 21.8. The van der Waals surface area contributed by atoms with Crippen LogP contribution in [0.4, 0.5) is 5.13 Å². The molecular weight excluding hydrogens is 518 g/mol. The number of imidazole rings is 1. The number of carbonyl (C=O) groups excluding carboxylic acids is 3. The van der Waals surface area contributed by atoms with Gasteiger partial charge in [0, 0.05) is 23.6 Å². The predicted molar refractivity (Wildman–Crippen MR) is 134 cm³/mol. The highest BCUT2D eigenvalue weighted by molar-refractivity contribution is 8.00. The third-order valence-electron chi connectivity index (χ3n) is 6.29. The van der Waals surface area contributed by atoms with Crippen LogP contribution in [0.5, 0.6) is 0 Å². The first kappa shape index (κ1) is 24.8. The van der Waals surface area contributed by atoms with Crippen LogP contribution in [0.15, 0.2) is 46.2 Å². The number of oxime groups is 1. The van der Waals surface area contributed by atoms with Gasteiger partial charge < -0.3 is 25.8 Å². The van der Waals surface area contributed by atoms with Crippen LogP contribution in [0.25, 0.3) is 5.52 Å². The van der Waals surface area contributed by atoms with E-state index in [9.17, 15) is 19.5 Å². The van der Waals surface area contributed by atoms with E-state index in [0.29, 0.717) is 11.3 Å². The molecule has 37 heavy (non-hydrogen) atoms. The third kappa shape index (κ3) is 4.21. The smallest absolute Gasteiger partial charge is 0.276 e. The number of β-lactam (4-membered cyclic amide) rings is 1. The highest BCUT2D eigenvalue weighted by atomic mass is 32.2. The van der Waals surface area contributed by atoms with Gasteiger partial charge in [-0.1, -0.05) is 11.2 Å². The molecule has 5 rings (SSSR count). The third-order valence-corrected chi connectivity index (χ3v) is 8.31. The van der Waals surface area contributed by atoms with E-state index in [-0.39, 0.29) is 28.8 Å². The SMILES string of the molecule is CO/N=C(\C(=O)N[C@@H]1C(=O)N2C(C(=O)[O-])=C(Cn3cc4cccc(C)[n+]4c3C)CS[C@H]12)c1csc(N)n1. The molecule has 3 aromatic heterocycles. The molecule has 0 unspecified atom stereocenters. The molecule has 2 aliphatic heterocycles. The van der Waals surface area contributed by atoms with E-state index in [0.717, 1.165) is 28.4 Å². The summed E-state index contributed by atoms with van der Waals surface area (Å²) < 4.78 is 4.03. The molecule has 12 nitrogen and oxygen atoms in total. The lowest BCUT2D eigenvalue weighted by Crippen LogP contribution is -2.71. The number of anilines is 1. The number of hydrogen-bond acceptors (Lipinski definition) is 10. The molecule has 5 heterocycles. The fourth-order valence-corrected chi connectivity index (χ4v) is 6.51.